The van der Waals surface area contributed by atoms with Crippen molar-refractivity contribution in [1.82, 2.24) is 14.9 Å². The van der Waals surface area contributed by atoms with E-state index in [9.17, 15) is 4.79 Å². The van der Waals surface area contributed by atoms with Crippen LogP contribution in [0.3, 0.4) is 0 Å². The van der Waals surface area contributed by atoms with Crippen molar-refractivity contribution in [2.45, 2.75) is 38.3 Å². The molecular formula is C16H20N4O. The lowest BCUT2D eigenvalue weighted by Gasteiger charge is -2.40. The average molecular weight is 284 g/mol. The maximum atomic E-state index is 12.8. The van der Waals surface area contributed by atoms with E-state index in [-0.39, 0.29) is 18.0 Å². The molecule has 2 heterocycles. The fourth-order valence-electron chi connectivity index (χ4n) is 3.08. The number of carbonyl (C=O) groups is 1. The van der Waals surface area contributed by atoms with Gasteiger partial charge in [0.2, 0.25) is 0 Å². The number of likely N-dealkylation sites (tertiary alicyclic amines) is 1. The lowest BCUT2D eigenvalue weighted by atomic mass is 9.96. The van der Waals surface area contributed by atoms with Gasteiger partial charge in [-0.1, -0.05) is 12.1 Å². The van der Waals surface area contributed by atoms with Gasteiger partial charge in [-0.2, -0.15) is 0 Å². The largest absolute Gasteiger partial charge is 0.330 e. The lowest BCUT2D eigenvalue weighted by molar-refractivity contribution is 0.0488. The standard InChI is InChI=1S/C16H20N4O/c1-11-5-4-6-12(9-17)20(11)16(21)15-10-18-13-7-2-3-8-14(13)19-15/h2-3,7-8,10-12H,4-6,9,17H2,1H3. The third kappa shape index (κ3) is 2.61. The molecule has 2 atom stereocenters. The maximum Gasteiger partial charge on any atom is 0.274 e. The Labute approximate surface area is 124 Å². The van der Waals surface area contributed by atoms with Crippen molar-refractivity contribution in [3.8, 4) is 0 Å². The summed E-state index contributed by atoms with van der Waals surface area (Å²) in [7, 11) is 0. The molecule has 5 nitrogen and oxygen atoms in total. The summed E-state index contributed by atoms with van der Waals surface area (Å²) < 4.78 is 0. The quantitative estimate of drug-likeness (QED) is 0.915. The van der Waals surface area contributed by atoms with Crippen LogP contribution in [-0.4, -0.2) is 39.4 Å². The van der Waals surface area contributed by atoms with E-state index in [0.29, 0.717) is 12.2 Å². The monoisotopic (exact) mass is 284 g/mol. The zero-order valence-electron chi connectivity index (χ0n) is 12.2. The van der Waals surface area contributed by atoms with Gasteiger partial charge in [-0.25, -0.2) is 4.98 Å². The predicted molar refractivity (Wildman–Crippen MR) is 81.9 cm³/mol. The van der Waals surface area contributed by atoms with Crippen LogP contribution in [-0.2, 0) is 0 Å². The summed E-state index contributed by atoms with van der Waals surface area (Å²) in [6.07, 6.45) is 4.67. The fraction of sp³-hybridized carbons (Fsp3) is 0.438. The van der Waals surface area contributed by atoms with Crippen LogP contribution in [0.15, 0.2) is 30.5 Å². The molecule has 1 amide bonds. The van der Waals surface area contributed by atoms with E-state index in [4.69, 9.17) is 5.73 Å². The van der Waals surface area contributed by atoms with Gasteiger partial charge in [0.05, 0.1) is 17.2 Å². The number of hydrogen-bond donors (Lipinski definition) is 1. The highest BCUT2D eigenvalue weighted by Crippen LogP contribution is 2.24. The summed E-state index contributed by atoms with van der Waals surface area (Å²) in [4.78, 5) is 23.5. The molecule has 110 valence electrons. The van der Waals surface area contributed by atoms with Gasteiger partial charge in [-0.15, -0.1) is 0 Å². The first kappa shape index (κ1) is 13.9. The van der Waals surface area contributed by atoms with Gasteiger partial charge < -0.3 is 10.6 Å². The topological polar surface area (TPSA) is 72.1 Å². The highest BCUT2D eigenvalue weighted by Gasteiger charge is 2.32. The van der Waals surface area contributed by atoms with E-state index in [0.717, 1.165) is 30.3 Å². The predicted octanol–water partition coefficient (Wildman–Crippen LogP) is 1.97. The highest BCUT2D eigenvalue weighted by atomic mass is 16.2. The Morgan fingerprint density at radius 1 is 1.33 bits per heavy atom. The molecule has 1 aliphatic rings. The van der Waals surface area contributed by atoms with E-state index in [1.807, 2.05) is 29.2 Å². The van der Waals surface area contributed by atoms with Gasteiger partial charge >= 0.3 is 0 Å². The summed E-state index contributed by atoms with van der Waals surface area (Å²) in [6.45, 7) is 2.57. The van der Waals surface area contributed by atoms with E-state index in [1.54, 1.807) is 6.20 Å². The Morgan fingerprint density at radius 2 is 2.10 bits per heavy atom. The van der Waals surface area contributed by atoms with Crippen molar-refractivity contribution in [3.05, 3.63) is 36.2 Å². The summed E-state index contributed by atoms with van der Waals surface area (Å²) in [5.41, 5.74) is 7.79. The Bertz CT molecular complexity index is 658. The summed E-state index contributed by atoms with van der Waals surface area (Å²) in [5.74, 6) is -0.0593. The Balaban J connectivity index is 1.94. The molecule has 2 N–H and O–H groups in total. The minimum absolute atomic E-state index is 0.0593. The van der Waals surface area contributed by atoms with E-state index in [2.05, 4.69) is 16.9 Å². The number of nitrogens with zero attached hydrogens (tertiary/aromatic N) is 3. The first-order valence-corrected chi connectivity index (χ1v) is 7.45. The molecule has 1 fully saturated rings. The van der Waals surface area contributed by atoms with Crippen LogP contribution in [0.1, 0.15) is 36.7 Å². The van der Waals surface area contributed by atoms with Gasteiger partial charge in [0.1, 0.15) is 5.69 Å². The van der Waals surface area contributed by atoms with Crippen LogP contribution in [0.4, 0.5) is 0 Å². The zero-order chi connectivity index (χ0) is 14.8. The zero-order valence-corrected chi connectivity index (χ0v) is 12.2. The molecule has 1 saturated heterocycles. The van der Waals surface area contributed by atoms with Crippen molar-refractivity contribution < 1.29 is 4.79 Å². The summed E-state index contributed by atoms with van der Waals surface area (Å²) >= 11 is 0. The fourth-order valence-corrected chi connectivity index (χ4v) is 3.08. The number of benzene rings is 1. The molecular weight excluding hydrogens is 264 g/mol. The van der Waals surface area contributed by atoms with Crippen LogP contribution in [0.5, 0.6) is 0 Å². The van der Waals surface area contributed by atoms with Crippen molar-refractivity contribution in [1.29, 1.82) is 0 Å². The molecule has 0 saturated carbocycles. The molecule has 5 heteroatoms. The second-order valence-electron chi connectivity index (χ2n) is 5.63. The number of nitrogens with two attached hydrogens (primary N) is 1. The second-order valence-corrected chi connectivity index (χ2v) is 5.63. The minimum Gasteiger partial charge on any atom is -0.330 e. The lowest BCUT2D eigenvalue weighted by Crippen LogP contribution is -2.52. The Hall–Kier alpha value is -2.01. The summed E-state index contributed by atoms with van der Waals surface area (Å²) in [5, 5.41) is 0. The average Bonchev–Trinajstić information content (AvgIpc) is 2.53. The molecule has 2 aromatic rings. The van der Waals surface area contributed by atoms with E-state index < -0.39 is 0 Å². The van der Waals surface area contributed by atoms with Crippen molar-refractivity contribution in [2.75, 3.05) is 6.54 Å². The second kappa shape index (κ2) is 5.77. The van der Waals surface area contributed by atoms with E-state index >= 15 is 0 Å². The van der Waals surface area contributed by atoms with E-state index in [1.165, 1.54) is 0 Å². The number of piperidine rings is 1. The number of para-hydroxylation sites is 2. The molecule has 3 rings (SSSR count). The number of aromatic nitrogens is 2. The molecule has 2 unspecified atom stereocenters. The molecule has 1 aliphatic heterocycles. The molecule has 0 spiro atoms. The summed E-state index contributed by atoms with van der Waals surface area (Å²) in [6, 6.07) is 7.89. The third-order valence-corrected chi connectivity index (χ3v) is 4.20. The molecule has 21 heavy (non-hydrogen) atoms. The number of carbonyl (C=O) groups excluding carboxylic acids is 1. The molecule has 1 aromatic heterocycles. The van der Waals surface area contributed by atoms with Gasteiger partial charge in [0.25, 0.3) is 5.91 Å². The normalized spacial score (nSPS) is 22.5. The first-order valence-electron chi connectivity index (χ1n) is 7.45. The molecule has 0 radical (unpaired) electrons. The van der Waals surface area contributed by atoms with Crippen LogP contribution in [0, 0.1) is 0 Å². The van der Waals surface area contributed by atoms with Crippen LogP contribution in [0.25, 0.3) is 11.0 Å². The van der Waals surface area contributed by atoms with Crippen LogP contribution < -0.4 is 5.73 Å². The Morgan fingerprint density at radius 3 is 2.86 bits per heavy atom. The van der Waals surface area contributed by atoms with Gasteiger partial charge in [0.15, 0.2) is 0 Å². The van der Waals surface area contributed by atoms with Crippen molar-refractivity contribution in [3.63, 3.8) is 0 Å². The Kier molecular flexibility index (Phi) is 3.84. The number of amides is 1. The first-order chi connectivity index (χ1) is 10.2. The molecule has 1 aromatic carbocycles. The maximum absolute atomic E-state index is 12.8. The number of fused-ring (bicyclic) bond motifs is 1. The van der Waals surface area contributed by atoms with Gasteiger partial charge in [0, 0.05) is 18.6 Å². The minimum atomic E-state index is -0.0593. The molecule has 0 bridgehead atoms. The van der Waals surface area contributed by atoms with Crippen LogP contribution >= 0.6 is 0 Å². The van der Waals surface area contributed by atoms with Crippen molar-refractivity contribution >= 4 is 16.9 Å². The third-order valence-electron chi connectivity index (χ3n) is 4.20. The van der Waals surface area contributed by atoms with Gasteiger partial charge in [-0.3, -0.25) is 9.78 Å². The number of hydrogen-bond acceptors (Lipinski definition) is 4. The SMILES string of the molecule is CC1CCCC(CN)N1C(=O)c1cnc2ccccc2n1. The highest BCUT2D eigenvalue weighted by molar-refractivity contribution is 5.94. The van der Waals surface area contributed by atoms with Crippen LogP contribution in [0.2, 0.25) is 0 Å². The number of rotatable bonds is 2. The van der Waals surface area contributed by atoms with Crippen molar-refractivity contribution in [2.24, 2.45) is 5.73 Å². The smallest absolute Gasteiger partial charge is 0.274 e. The van der Waals surface area contributed by atoms with Gasteiger partial charge in [-0.05, 0) is 38.3 Å². The molecule has 0 aliphatic carbocycles.